The van der Waals surface area contributed by atoms with Crippen LogP contribution in [-0.4, -0.2) is 58.0 Å². The zero-order chi connectivity index (χ0) is 34.0. The summed E-state index contributed by atoms with van der Waals surface area (Å²) in [5.41, 5.74) is 1.09. The summed E-state index contributed by atoms with van der Waals surface area (Å²) in [7, 11) is -1.45. The number of ether oxygens (including phenoxy) is 2. The molecule has 0 fully saturated rings. The number of sulfonamides is 1. The van der Waals surface area contributed by atoms with Crippen molar-refractivity contribution in [1.82, 2.24) is 10.2 Å². The molecule has 0 saturated heterocycles. The molecule has 0 aliphatic carbocycles. The van der Waals surface area contributed by atoms with Crippen LogP contribution in [0.5, 0.6) is 11.5 Å². The lowest BCUT2D eigenvalue weighted by Gasteiger charge is -2.34. The number of rotatable bonds is 15. The monoisotopic (exact) mass is 661 g/mol. The lowest BCUT2D eigenvalue weighted by atomic mass is 10.0. The van der Waals surface area contributed by atoms with Crippen LogP contribution < -0.4 is 19.1 Å². The second kappa shape index (κ2) is 16.1. The van der Waals surface area contributed by atoms with Crippen LogP contribution in [0, 0.1) is 5.82 Å². The molecule has 0 heterocycles. The Hall–Kier alpha value is -4.90. The number of hydrogen-bond acceptors (Lipinski definition) is 6. The lowest BCUT2D eigenvalue weighted by Crippen LogP contribution is -2.54. The van der Waals surface area contributed by atoms with E-state index in [4.69, 9.17) is 9.47 Å². The number of amides is 2. The Morgan fingerprint density at radius 1 is 0.851 bits per heavy atom. The van der Waals surface area contributed by atoms with E-state index < -0.39 is 40.2 Å². The maximum absolute atomic E-state index is 15.1. The molecule has 2 amide bonds. The van der Waals surface area contributed by atoms with Crippen molar-refractivity contribution in [3.63, 3.8) is 0 Å². The van der Waals surface area contributed by atoms with Crippen LogP contribution >= 0.6 is 0 Å². The first-order valence-electron chi connectivity index (χ1n) is 15.3. The topological polar surface area (TPSA) is 105 Å². The van der Waals surface area contributed by atoms with Crippen molar-refractivity contribution in [2.75, 3.05) is 25.1 Å². The molecule has 0 bridgehead atoms. The third kappa shape index (κ3) is 8.68. The molecule has 0 radical (unpaired) electrons. The molecular formula is C36H40FN3O6S. The average molecular weight is 662 g/mol. The van der Waals surface area contributed by atoms with E-state index in [1.165, 1.54) is 61.6 Å². The summed E-state index contributed by atoms with van der Waals surface area (Å²) in [6.07, 6.45) is 0.762. The van der Waals surface area contributed by atoms with Gasteiger partial charge in [0, 0.05) is 30.6 Å². The molecule has 4 aromatic rings. The van der Waals surface area contributed by atoms with Gasteiger partial charge in [-0.15, -0.1) is 0 Å². The Balaban J connectivity index is 1.85. The van der Waals surface area contributed by atoms with E-state index in [0.717, 1.165) is 9.87 Å². The zero-order valence-corrected chi connectivity index (χ0v) is 27.7. The van der Waals surface area contributed by atoms with Crippen LogP contribution in [-0.2, 0) is 32.6 Å². The van der Waals surface area contributed by atoms with Crippen molar-refractivity contribution in [3.8, 4) is 11.5 Å². The number of halogens is 1. The normalized spacial score (nSPS) is 12.4. The summed E-state index contributed by atoms with van der Waals surface area (Å²) in [4.78, 5) is 29.7. The minimum absolute atomic E-state index is 0.0430. The van der Waals surface area contributed by atoms with Gasteiger partial charge in [0.2, 0.25) is 11.8 Å². The van der Waals surface area contributed by atoms with Gasteiger partial charge in [0.1, 0.15) is 18.4 Å². The molecule has 0 aliphatic rings. The van der Waals surface area contributed by atoms with Gasteiger partial charge in [0.05, 0.1) is 24.8 Å². The number of nitrogens with zero attached hydrogens (tertiary/aromatic N) is 2. The highest BCUT2D eigenvalue weighted by Crippen LogP contribution is 2.34. The number of hydrogen-bond donors (Lipinski definition) is 1. The summed E-state index contributed by atoms with van der Waals surface area (Å²) in [5.74, 6) is -1.08. The number of methoxy groups -OCH3 is 2. The van der Waals surface area contributed by atoms with Crippen LogP contribution in [0.1, 0.15) is 31.4 Å². The number of nitrogens with one attached hydrogen (secondary N) is 1. The van der Waals surface area contributed by atoms with Crippen molar-refractivity contribution in [1.29, 1.82) is 0 Å². The van der Waals surface area contributed by atoms with Gasteiger partial charge in [-0.05, 0) is 49.2 Å². The second-order valence-electron chi connectivity index (χ2n) is 11.0. The van der Waals surface area contributed by atoms with Gasteiger partial charge in [-0.2, -0.15) is 0 Å². The molecule has 4 aromatic carbocycles. The summed E-state index contributed by atoms with van der Waals surface area (Å²) >= 11 is 0. The summed E-state index contributed by atoms with van der Waals surface area (Å²) < 4.78 is 55.2. The van der Waals surface area contributed by atoms with Gasteiger partial charge in [-0.1, -0.05) is 73.7 Å². The van der Waals surface area contributed by atoms with E-state index in [9.17, 15) is 18.0 Å². The molecule has 0 aliphatic heterocycles. The Morgan fingerprint density at radius 3 is 2.09 bits per heavy atom. The largest absolute Gasteiger partial charge is 0.493 e. The third-order valence-corrected chi connectivity index (χ3v) is 9.62. The predicted molar refractivity (Wildman–Crippen MR) is 179 cm³/mol. The molecule has 11 heteroatoms. The minimum atomic E-state index is -4.32. The number of anilines is 1. The van der Waals surface area contributed by atoms with Gasteiger partial charge in [0.25, 0.3) is 10.0 Å². The second-order valence-corrected chi connectivity index (χ2v) is 12.9. The maximum Gasteiger partial charge on any atom is 0.264 e. The van der Waals surface area contributed by atoms with E-state index in [1.54, 1.807) is 30.3 Å². The van der Waals surface area contributed by atoms with E-state index in [1.807, 2.05) is 44.2 Å². The zero-order valence-electron chi connectivity index (χ0n) is 26.9. The molecule has 2 atom stereocenters. The highest BCUT2D eigenvalue weighted by Gasteiger charge is 2.35. The fourth-order valence-corrected chi connectivity index (χ4v) is 6.46. The fraction of sp³-hybridized carbons (Fsp3) is 0.278. The van der Waals surface area contributed by atoms with E-state index >= 15 is 4.39 Å². The Bertz CT molecular complexity index is 1760. The number of benzene rings is 4. The number of carbonyl (C=O) groups is 2. The number of carbonyl (C=O) groups excluding carboxylic acids is 2. The molecule has 9 nitrogen and oxygen atoms in total. The molecule has 4 rings (SSSR count). The molecule has 0 spiro atoms. The first-order valence-corrected chi connectivity index (χ1v) is 16.7. The van der Waals surface area contributed by atoms with E-state index in [-0.39, 0.29) is 40.9 Å². The fourth-order valence-electron chi connectivity index (χ4n) is 5.03. The van der Waals surface area contributed by atoms with Crippen molar-refractivity contribution >= 4 is 27.5 Å². The van der Waals surface area contributed by atoms with E-state index in [0.29, 0.717) is 12.2 Å². The summed E-state index contributed by atoms with van der Waals surface area (Å²) in [6.45, 7) is 2.81. The van der Waals surface area contributed by atoms with Crippen molar-refractivity contribution in [2.24, 2.45) is 0 Å². The third-order valence-electron chi connectivity index (χ3n) is 7.84. The smallest absolute Gasteiger partial charge is 0.264 e. The molecule has 248 valence electrons. The summed E-state index contributed by atoms with van der Waals surface area (Å²) in [5, 5.41) is 2.97. The van der Waals surface area contributed by atoms with Gasteiger partial charge in [0.15, 0.2) is 11.5 Å². The average Bonchev–Trinajstić information content (AvgIpc) is 3.09. The van der Waals surface area contributed by atoms with Gasteiger partial charge in [-0.25, -0.2) is 12.8 Å². The highest BCUT2D eigenvalue weighted by molar-refractivity contribution is 7.92. The maximum atomic E-state index is 15.1. The first kappa shape index (κ1) is 35.0. The predicted octanol–water partition coefficient (Wildman–Crippen LogP) is 5.59. The SMILES string of the molecule is CC[C@H](C)NC(=O)[C@H](Cc1ccccc1)N(Cc1ccccc1F)C(=O)CN(c1ccc(OC)c(OC)c1)S(=O)(=O)c1ccccc1. The van der Waals surface area contributed by atoms with Crippen molar-refractivity contribution in [3.05, 3.63) is 120 Å². The first-order chi connectivity index (χ1) is 22.6. The molecule has 0 aromatic heterocycles. The van der Waals surface area contributed by atoms with Crippen LogP contribution in [0.15, 0.2) is 108 Å². The van der Waals surface area contributed by atoms with Crippen LogP contribution in [0.25, 0.3) is 0 Å². The van der Waals surface area contributed by atoms with Crippen molar-refractivity contribution < 1.29 is 31.9 Å². The van der Waals surface area contributed by atoms with Crippen LogP contribution in [0.4, 0.5) is 10.1 Å². The van der Waals surface area contributed by atoms with E-state index in [2.05, 4.69) is 5.32 Å². The standard InChI is InChI=1S/C36H40FN3O6S/c1-5-26(2)38-36(42)32(22-27-14-8-6-9-15-27)39(24-28-16-12-13-19-31(28)37)35(41)25-40(47(43,44)30-17-10-7-11-18-30)29-20-21-33(45-3)34(23-29)46-4/h6-21,23,26,32H,5,22,24-25H2,1-4H3,(H,38,42)/t26-,32-/m0/s1. The van der Waals surface area contributed by atoms with Gasteiger partial charge < -0.3 is 19.7 Å². The van der Waals surface area contributed by atoms with Crippen molar-refractivity contribution in [2.45, 2.75) is 50.2 Å². The molecular weight excluding hydrogens is 621 g/mol. The highest BCUT2D eigenvalue weighted by atomic mass is 32.2. The Kier molecular flexibility index (Phi) is 12.0. The Labute approximate surface area is 276 Å². The van der Waals surface area contributed by atoms with Crippen LogP contribution in [0.2, 0.25) is 0 Å². The molecule has 47 heavy (non-hydrogen) atoms. The Morgan fingerprint density at radius 2 is 1.47 bits per heavy atom. The lowest BCUT2D eigenvalue weighted by molar-refractivity contribution is -0.140. The molecule has 1 N–H and O–H groups in total. The minimum Gasteiger partial charge on any atom is -0.493 e. The quantitative estimate of drug-likeness (QED) is 0.178. The molecule has 0 unspecified atom stereocenters. The van der Waals surface area contributed by atoms with Crippen LogP contribution in [0.3, 0.4) is 0 Å². The van der Waals surface area contributed by atoms with Gasteiger partial charge >= 0.3 is 0 Å². The van der Waals surface area contributed by atoms with Gasteiger partial charge in [-0.3, -0.25) is 13.9 Å². The summed E-state index contributed by atoms with van der Waals surface area (Å²) in [6, 6.07) is 26.1. The molecule has 0 saturated carbocycles.